The van der Waals surface area contributed by atoms with Gasteiger partial charge in [-0.3, -0.25) is 0 Å². The molecule has 2 heteroatoms. The SMILES string of the molecule is C=CC(=N)CCC(C)C(C)=N. The predicted octanol–water partition coefficient (Wildman–Crippen LogP) is 2.65. The molecule has 1 atom stereocenters. The lowest BCUT2D eigenvalue weighted by molar-refractivity contribution is 0.700. The number of rotatable bonds is 5. The summed E-state index contributed by atoms with van der Waals surface area (Å²) in [5, 5.41) is 14.6. The molecular formula is C9H16N2. The number of hydrogen-bond acceptors (Lipinski definition) is 2. The molecule has 0 heterocycles. The van der Waals surface area contributed by atoms with Gasteiger partial charge in [0.15, 0.2) is 0 Å². The molecule has 0 rings (SSSR count). The first-order valence-electron chi connectivity index (χ1n) is 3.82. The van der Waals surface area contributed by atoms with Gasteiger partial charge >= 0.3 is 0 Å². The standard InChI is InChI=1S/C9H16N2/c1-4-9(11)6-5-7(2)8(3)10/h4,7,10-11H,1,5-6H2,2-3H3. The lowest BCUT2D eigenvalue weighted by atomic mass is 9.99. The lowest BCUT2D eigenvalue weighted by Crippen LogP contribution is -2.06. The molecule has 0 amide bonds. The van der Waals surface area contributed by atoms with Crippen LogP contribution in [0.15, 0.2) is 12.7 Å². The average Bonchev–Trinajstić information content (AvgIpc) is 1.99. The van der Waals surface area contributed by atoms with Gasteiger partial charge in [-0.25, -0.2) is 0 Å². The maximum atomic E-state index is 7.31. The van der Waals surface area contributed by atoms with Crippen LogP contribution in [0.5, 0.6) is 0 Å². The Bertz CT molecular complexity index is 170. The third-order valence-corrected chi connectivity index (χ3v) is 1.83. The van der Waals surface area contributed by atoms with E-state index in [1.165, 1.54) is 0 Å². The highest BCUT2D eigenvalue weighted by atomic mass is 14.4. The molecule has 0 bridgehead atoms. The summed E-state index contributed by atoms with van der Waals surface area (Å²) in [7, 11) is 0. The van der Waals surface area contributed by atoms with E-state index in [2.05, 4.69) is 6.58 Å². The van der Waals surface area contributed by atoms with Gasteiger partial charge in [-0.1, -0.05) is 13.5 Å². The molecule has 0 aliphatic rings. The molecule has 0 aliphatic heterocycles. The first-order chi connectivity index (χ1) is 5.07. The lowest BCUT2D eigenvalue weighted by Gasteiger charge is -2.07. The monoisotopic (exact) mass is 152 g/mol. The van der Waals surface area contributed by atoms with Crippen molar-refractivity contribution >= 4 is 11.4 Å². The Hall–Kier alpha value is -0.920. The van der Waals surface area contributed by atoms with E-state index < -0.39 is 0 Å². The molecule has 0 aliphatic carbocycles. The number of nitrogens with one attached hydrogen (secondary N) is 2. The summed E-state index contributed by atoms with van der Waals surface area (Å²) in [6.45, 7) is 7.33. The zero-order chi connectivity index (χ0) is 8.85. The van der Waals surface area contributed by atoms with Gasteiger partial charge in [0, 0.05) is 11.4 Å². The Morgan fingerprint density at radius 2 is 2.09 bits per heavy atom. The first kappa shape index (κ1) is 10.1. The number of hydrogen-bond donors (Lipinski definition) is 2. The van der Waals surface area contributed by atoms with E-state index in [0.29, 0.717) is 17.3 Å². The van der Waals surface area contributed by atoms with Crippen LogP contribution in [0.1, 0.15) is 26.7 Å². The van der Waals surface area contributed by atoms with Crippen molar-refractivity contribution in [2.45, 2.75) is 26.7 Å². The van der Waals surface area contributed by atoms with Crippen molar-refractivity contribution in [2.75, 3.05) is 0 Å². The summed E-state index contributed by atoms with van der Waals surface area (Å²) >= 11 is 0. The van der Waals surface area contributed by atoms with E-state index in [-0.39, 0.29) is 0 Å². The van der Waals surface area contributed by atoms with Crippen LogP contribution >= 0.6 is 0 Å². The fraction of sp³-hybridized carbons (Fsp3) is 0.556. The molecule has 62 valence electrons. The quantitative estimate of drug-likeness (QED) is 0.569. The van der Waals surface area contributed by atoms with Crippen molar-refractivity contribution in [3.63, 3.8) is 0 Å². The highest BCUT2D eigenvalue weighted by molar-refractivity contribution is 5.92. The first-order valence-corrected chi connectivity index (χ1v) is 3.82. The topological polar surface area (TPSA) is 47.7 Å². The van der Waals surface area contributed by atoms with Crippen molar-refractivity contribution in [3.8, 4) is 0 Å². The Morgan fingerprint density at radius 1 is 1.55 bits per heavy atom. The molecule has 0 fully saturated rings. The van der Waals surface area contributed by atoms with Crippen LogP contribution in [0.25, 0.3) is 0 Å². The van der Waals surface area contributed by atoms with Crippen molar-refractivity contribution < 1.29 is 0 Å². The van der Waals surface area contributed by atoms with Crippen LogP contribution in [0.4, 0.5) is 0 Å². The smallest absolute Gasteiger partial charge is 0.0308 e. The fourth-order valence-corrected chi connectivity index (χ4v) is 0.691. The zero-order valence-corrected chi connectivity index (χ0v) is 7.28. The minimum Gasteiger partial charge on any atom is -0.310 e. The average molecular weight is 152 g/mol. The van der Waals surface area contributed by atoms with Crippen LogP contribution in [0, 0.1) is 16.7 Å². The maximum absolute atomic E-state index is 7.31. The maximum Gasteiger partial charge on any atom is 0.0308 e. The molecule has 0 saturated heterocycles. The van der Waals surface area contributed by atoms with Gasteiger partial charge < -0.3 is 10.8 Å². The number of allylic oxidation sites excluding steroid dienone is 1. The summed E-state index contributed by atoms with van der Waals surface area (Å²) in [5.74, 6) is 0.301. The molecule has 0 spiro atoms. The molecule has 2 nitrogen and oxygen atoms in total. The molecule has 0 radical (unpaired) electrons. The highest BCUT2D eigenvalue weighted by Crippen LogP contribution is 2.07. The summed E-state index contributed by atoms with van der Waals surface area (Å²) in [4.78, 5) is 0. The van der Waals surface area contributed by atoms with Crippen LogP contribution in [0.3, 0.4) is 0 Å². The van der Waals surface area contributed by atoms with Gasteiger partial charge in [-0.2, -0.15) is 0 Å². The van der Waals surface area contributed by atoms with E-state index in [1.54, 1.807) is 6.08 Å². The summed E-state index contributed by atoms with van der Waals surface area (Å²) < 4.78 is 0. The van der Waals surface area contributed by atoms with Gasteiger partial charge in [0.1, 0.15) is 0 Å². The van der Waals surface area contributed by atoms with E-state index in [9.17, 15) is 0 Å². The Labute approximate surface area is 68.3 Å². The molecule has 11 heavy (non-hydrogen) atoms. The normalized spacial score (nSPS) is 12.2. The predicted molar refractivity (Wildman–Crippen MR) is 49.7 cm³/mol. The second-order valence-corrected chi connectivity index (χ2v) is 2.85. The molecule has 0 aromatic rings. The largest absolute Gasteiger partial charge is 0.310 e. The van der Waals surface area contributed by atoms with Gasteiger partial charge in [0.25, 0.3) is 0 Å². The van der Waals surface area contributed by atoms with Gasteiger partial charge in [-0.15, -0.1) is 0 Å². The van der Waals surface area contributed by atoms with Crippen molar-refractivity contribution in [2.24, 2.45) is 5.92 Å². The van der Waals surface area contributed by atoms with Crippen LogP contribution < -0.4 is 0 Å². The van der Waals surface area contributed by atoms with Crippen molar-refractivity contribution in [3.05, 3.63) is 12.7 Å². The minimum absolute atomic E-state index is 0.301. The Balaban J connectivity index is 3.62. The Morgan fingerprint density at radius 3 is 2.45 bits per heavy atom. The van der Waals surface area contributed by atoms with Crippen LogP contribution in [-0.4, -0.2) is 11.4 Å². The third kappa shape index (κ3) is 4.48. The molecule has 1 unspecified atom stereocenters. The Kier molecular flexibility index (Phi) is 4.42. The fourth-order valence-electron chi connectivity index (χ4n) is 0.691. The molecule has 0 aromatic carbocycles. The van der Waals surface area contributed by atoms with Crippen LogP contribution in [-0.2, 0) is 0 Å². The summed E-state index contributed by atoms with van der Waals surface area (Å²) in [6.07, 6.45) is 3.19. The van der Waals surface area contributed by atoms with Crippen molar-refractivity contribution in [1.29, 1.82) is 10.8 Å². The van der Waals surface area contributed by atoms with Crippen LogP contribution in [0.2, 0.25) is 0 Å². The minimum atomic E-state index is 0.301. The zero-order valence-electron chi connectivity index (χ0n) is 7.28. The van der Waals surface area contributed by atoms with E-state index >= 15 is 0 Å². The second-order valence-electron chi connectivity index (χ2n) is 2.85. The van der Waals surface area contributed by atoms with Gasteiger partial charge in [-0.05, 0) is 31.8 Å². The summed E-state index contributed by atoms with van der Waals surface area (Å²) in [5.41, 5.74) is 1.26. The van der Waals surface area contributed by atoms with E-state index in [4.69, 9.17) is 10.8 Å². The molecule has 0 saturated carbocycles. The van der Waals surface area contributed by atoms with Gasteiger partial charge in [0.2, 0.25) is 0 Å². The molecule has 2 N–H and O–H groups in total. The molecular weight excluding hydrogens is 136 g/mol. The van der Waals surface area contributed by atoms with E-state index in [1.807, 2.05) is 13.8 Å². The second kappa shape index (κ2) is 4.83. The molecule has 0 aromatic heterocycles. The van der Waals surface area contributed by atoms with Crippen molar-refractivity contribution in [1.82, 2.24) is 0 Å². The highest BCUT2D eigenvalue weighted by Gasteiger charge is 2.03. The summed E-state index contributed by atoms with van der Waals surface area (Å²) in [6, 6.07) is 0. The van der Waals surface area contributed by atoms with Gasteiger partial charge in [0.05, 0.1) is 0 Å². The van der Waals surface area contributed by atoms with E-state index in [0.717, 1.165) is 12.8 Å². The third-order valence-electron chi connectivity index (χ3n) is 1.83.